The van der Waals surface area contributed by atoms with E-state index in [1.54, 1.807) is 12.1 Å². The van der Waals surface area contributed by atoms with Gasteiger partial charge in [-0.05, 0) is 26.0 Å². The number of hydrogen-bond donors (Lipinski definition) is 2. The smallest absolute Gasteiger partial charge is 0.353 e. The molecule has 22 heavy (non-hydrogen) atoms. The van der Waals surface area contributed by atoms with Gasteiger partial charge < -0.3 is 20.4 Å². The van der Waals surface area contributed by atoms with Gasteiger partial charge >= 0.3 is 5.69 Å². The number of rotatable bonds is 7. The molecule has 2 aromatic rings. The molecule has 0 aliphatic carbocycles. The number of nitrogens with zero attached hydrogens (tertiary/aromatic N) is 4. The Morgan fingerprint density at radius 2 is 2.14 bits per heavy atom. The summed E-state index contributed by atoms with van der Waals surface area (Å²) in [7, 11) is 0. The zero-order valence-electron chi connectivity index (χ0n) is 12.4. The summed E-state index contributed by atoms with van der Waals surface area (Å²) in [6.07, 6.45) is 1.53. The number of nitrogen functional groups attached to an aromatic ring is 1. The molecular formula is C13H18N6O3. The minimum atomic E-state index is -0.591. The zero-order chi connectivity index (χ0) is 16.1. The number of anilines is 3. The van der Waals surface area contributed by atoms with Crippen LogP contribution in [-0.4, -0.2) is 28.0 Å². The van der Waals surface area contributed by atoms with Gasteiger partial charge in [-0.1, -0.05) is 0 Å². The molecule has 0 aliphatic rings. The van der Waals surface area contributed by atoms with E-state index in [0.717, 1.165) is 0 Å². The summed E-state index contributed by atoms with van der Waals surface area (Å²) in [6, 6.07) is 3.50. The fourth-order valence-corrected chi connectivity index (χ4v) is 2.00. The van der Waals surface area contributed by atoms with E-state index in [2.05, 4.69) is 15.3 Å². The van der Waals surface area contributed by atoms with Crippen LogP contribution < -0.4 is 16.0 Å². The predicted octanol–water partition coefficient (Wildman–Crippen LogP) is 2.02. The van der Waals surface area contributed by atoms with Gasteiger partial charge in [0.05, 0.1) is 17.7 Å². The standard InChI is InChI=1S/C13H18N6O3/c1-3-18(4-2)13-16-11(14)10(19(20)21)12(17-13)15-8-9-6-5-7-22-9/h5-7H,3-4,8H2,1-2H3,(H3,14,15,16,17). The van der Waals surface area contributed by atoms with Crippen LogP contribution in [0.2, 0.25) is 0 Å². The van der Waals surface area contributed by atoms with Crippen LogP contribution in [-0.2, 0) is 6.54 Å². The van der Waals surface area contributed by atoms with Crippen LogP contribution in [0.15, 0.2) is 22.8 Å². The van der Waals surface area contributed by atoms with Crippen molar-refractivity contribution in [2.75, 3.05) is 29.0 Å². The highest BCUT2D eigenvalue weighted by molar-refractivity contribution is 5.70. The first-order valence-electron chi connectivity index (χ1n) is 6.89. The van der Waals surface area contributed by atoms with Crippen molar-refractivity contribution in [2.45, 2.75) is 20.4 Å². The van der Waals surface area contributed by atoms with Crippen LogP contribution in [0.1, 0.15) is 19.6 Å². The monoisotopic (exact) mass is 306 g/mol. The Balaban J connectivity index is 2.36. The van der Waals surface area contributed by atoms with Gasteiger partial charge in [0.15, 0.2) is 0 Å². The molecule has 2 heterocycles. The molecule has 0 unspecified atom stereocenters. The van der Waals surface area contributed by atoms with Crippen molar-refractivity contribution >= 4 is 23.3 Å². The van der Waals surface area contributed by atoms with Gasteiger partial charge in [0.2, 0.25) is 17.6 Å². The molecule has 9 heteroatoms. The molecule has 0 amide bonds. The average molecular weight is 306 g/mol. The highest BCUT2D eigenvalue weighted by atomic mass is 16.6. The van der Waals surface area contributed by atoms with E-state index in [0.29, 0.717) is 24.8 Å². The summed E-state index contributed by atoms with van der Waals surface area (Å²) < 4.78 is 5.19. The van der Waals surface area contributed by atoms with E-state index in [4.69, 9.17) is 10.2 Å². The Morgan fingerprint density at radius 1 is 1.41 bits per heavy atom. The summed E-state index contributed by atoms with van der Waals surface area (Å²) >= 11 is 0. The second-order valence-electron chi connectivity index (χ2n) is 4.47. The molecular weight excluding hydrogens is 288 g/mol. The van der Waals surface area contributed by atoms with E-state index >= 15 is 0 Å². The lowest BCUT2D eigenvalue weighted by Gasteiger charge is -2.19. The molecule has 0 saturated heterocycles. The summed E-state index contributed by atoms with van der Waals surface area (Å²) in [5, 5.41) is 14.1. The third kappa shape index (κ3) is 3.25. The van der Waals surface area contributed by atoms with Crippen LogP contribution in [0.3, 0.4) is 0 Å². The van der Waals surface area contributed by atoms with Gasteiger partial charge in [-0.25, -0.2) is 0 Å². The molecule has 0 fully saturated rings. The molecule has 118 valence electrons. The van der Waals surface area contributed by atoms with E-state index in [-0.39, 0.29) is 23.9 Å². The Hall–Kier alpha value is -2.84. The molecule has 0 radical (unpaired) electrons. The number of aromatic nitrogens is 2. The second kappa shape index (κ2) is 6.74. The normalized spacial score (nSPS) is 10.5. The fraction of sp³-hybridized carbons (Fsp3) is 0.385. The van der Waals surface area contributed by atoms with Crippen molar-refractivity contribution in [1.82, 2.24) is 9.97 Å². The van der Waals surface area contributed by atoms with Crippen LogP contribution in [0.25, 0.3) is 0 Å². The lowest BCUT2D eigenvalue weighted by molar-refractivity contribution is -0.383. The number of nitro groups is 1. The van der Waals surface area contributed by atoms with Gasteiger partial charge in [0, 0.05) is 13.1 Å². The van der Waals surface area contributed by atoms with Gasteiger partial charge in [0.25, 0.3) is 0 Å². The van der Waals surface area contributed by atoms with Crippen molar-refractivity contribution in [3.05, 3.63) is 34.3 Å². The lowest BCUT2D eigenvalue weighted by Crippen LogP contribution is -2.25. The maximum Gasteiger partial charge on any atom is 0.353 e. The first kappa shape index (κ1) is 15.5. The maximum absolute atomic E-state index is 11.2. The minimum Gasteiger partial charge on any atom is -0.467 e. The first-order chi connectivity index (χ1) is 10.6. The Morgan fingerprint density at radius 3 is 2.68 bits per heavy atom. The van der Waals surface area contributed by atoms with Gasteiger partial charge in [-0.15, -0.1) is 0 Å². The van der Waals surface area contributed by atoms with Crippen LogP contribution in [0, 0.1) is 10.1 Å². The van der Waals surface area contributed by atoms with Crippen LogP contribution in [0.4, 0.5) is 23.3 Å². The van der Waals surface area contributed by atoms with Crippen LogP contribution in [0.5, 0.6) is 0 Å². The van der Waals surface area contributed by atoms with Crippen LogP contribution >= 0.6 is 0 Å². The van der Waals surface area contributed by atoms with E-state index in [1.165, 1.54) is 6.26 Å². The van der Waals surface area contributed by atoms with Gasteiger partial charge in [-0.3, -0.25) is 10.1 Å². The summed E-state index contributed by atoms with van der Waals surface area (Å²) in [5.74, 6) is 0.908. The first-order valence-corrected chi connectivity index (χ1v) is 6.89. The summed E-state index contributed by atoms with van der Waals surface area (Å²) in [4.78, 5) is 20.7. The Bertz CT molecular complexity index is 639. The highest BCUT2D eigenvalue weighted by Crippen LogP contribution is 2.30. The maximum atomic E-state index is 11.2. The average Bonchev–Trinajstić information content (AvgIpc) is 2.98. The molecule has 9 nitrogen and oxygen atoms in total. The quantitative estimate of drug-likeness (QED) is 0.588. The molecule has 0 spiro atoms. The third-order valence-corrected chi connectivity index (χ3v) is 3.14. The largest absolute Gasteiger partial charge is 0.467 e. The number of nitrogens with one attached hydrogen (secondary N) is 1. The predicted molar refractivity (Wildman–Crippen MR) is 82.7 cm³/mol. The highest BCUT2D eigenvalue weighted by Gasteiger charge is 2.24. The number of hydrogen-bond acceptors (Lipinski definition) is 8. The van der Waals surface area contributed by atoms with Crippen molar-refractivity contribution in [2.24, 2.45) is 0 Å². The van der Waals surface area contributed by atoms with Crippen molar-refractivity contribution in [3.8, 4) is 0 Å². The molecule has 0 saturated carbocycles. The van der Waals surface area contributed by atoms with Gasteiger partial charge in [0.1, 0.15) is 5.76 Å². The van der Waals surface area contributed by atoms with E-state index in [1.807, 2.05) is 18.7 Å². The Labute approximate surface area is 127 Å². The summed E-state index contributed by atoms with van der Waals surface area (Å²) in [6.45, 7) is 5.50. The zero-order valence-corrected chi connectivity index (χ0v) is 12.4. The minimum absolute atomic E-state index is 0.0794. The molecule has 0 aliphatic heterocycles. The molecule has 0 atom stereocenters. The lowest BCUT2D eigenvalue weighted by atomic mass is 10.4. The number of nitrogens with two attached hydrogens (primary N) is 1. The Kier molecular flexibility index (Phi) is 4.77. The summed E-state index contributed by atoms with van der Waals surface area (Å²) in [5.41, 5.74) is 5.41. The molecule has 3 N–H and O–H groups in total. The molecule has 0 aromatic carbocycles. The van der Waals surface area contributed by atoms with Gasteiger partial charge in [-0.2, -0.15) is 9.97 Å². The van der Waals surface area contributed by atoms with Crippen molar-refractivity contribution in [3.63, 3.8) is 0 Å². The van der Waals surface area contributed by atoms with E-state index in [9.17, 15) is 10.1 Å². The topological polar surface area (TPSA) is 123 Å². The fourth-order valence-electron chi connectivity index (χ4n) is 2.00. The third-order valence-electron chi connectivity index (χ3n) is 3.14. The molecule has 0 bridgehead atoms. The second-order valence-corrected chi connectivity index (χ2v) is 4.47. The molecule has 2 rings (SSSR count). The van der Waals surface area contributed by atoms with E-state index < -0.39 is 4.92 Å². The number of furan rings is 1. The molecule has 2 aromatic heterocycles. The SMILES string of the molecule is CCN(CC)c1nc(N)c([N+](=O)[O-])c(NCc2ccco2)n1. The van der Waals surface area contributed by atoms with Crippen molar-refractivity contribution < 1.29 is 9.34 Å². The van der Waals surface area contributed by atoms with Crippen molar-refractivity contribution in [1.29, 1.82) is 0 Å².